The Morgan fingerprint density at radius 1 is 0.515 bits per heavy atom. The summed E-state index contributed by atoms with van der Waals surface area (Å²) < 4.78 is 12.6. The van der Waals surface area contributed by atoms with Gasteiger partial charge in [0.25, 0.3) is 0 Å². The lowest BCUT2D eigenvalue weighted by molar-refractivity contribution is 0.308. The average Bonchev–Trinajstić information content (AvgIpc) is 2.79. The van der Waals surface area contributed by atoms with Crippen LogP contribution in [-0.2, 0) is 0 Å². The highest BCUT2D eigenvalue weighted by Gasteiger charge is 2.13. The quantitative estimate of drug-likeness (QED) is 0.370. The van der Waals surface area contributed by atoms with Crippen molar-refractivity contribution in [3.05, 3.63) is 70.5 Å². The molecule has 0 heterocycles. The van der Waals surface area contributed by atoms with Gasteiger partial charge in [-0.2, -0.15) is 0 Å². The van der Waals surface area contributed by atoms with E-state index in [-0.39, 0.29) is 7.24 Å². The molecule has 0 bridgehead atoms. The van der Waals surface area contributed by atoms with Crippen LogP contribution in [0.4, 0.5) is 4.39 Å². The van der Waals surface area contributed by atoms with Gasteiger partial charge in [0.05, 0.1) is 0 Å². The van der Waals surface area contributed by atoms with E-state index in [1.807, 2.05) is 13.0 Å². The monoisotopic (exact) mass is 456 g/mol. The Kier molecular flexibility index (Phi) is 14.3. The lowest BCUT2D eigenvalue weighted by Gasteiger charge is -2.22. The van der Waals surface area contributed by atoms with E-state index in [0.717, 1.165) is 29.2 Å². The second-order valence-corrected chi connectivity index (χ2v) is 11.1. The van der Waals surface area contributed by atoms with Crippen LogP contribution in [0.1, 0.15) is 103 Å². The van der Waals surface area contributed by atoms with Gasteiger partial charge in [-0.3, -0.25) is 0 Å². The molecule has 0 aromatic heterocycles. The molecule has 0 saturated heterocycles. The van der Waals surface area contributed by atoms with Gasteiger partial charge in [-0.15, -0.1) is 0 Å². The van der Waals surface area contributed by atoms with Gasteiger partial charge in [-0.25, -0.2) is 4.39 Å². The van der Waals surface area contributed by atoms with Crippen molar-refractivity contribution in [1.82, 2.24) is 0 Å². The molecule has 0 radical (unpaired) electrons. The molecule has 0 unspecified atom stereocenters. The predicted octanol–water partition coefficient (Wildman–Crippen LogP) is 10.7. The molecule has 188 valence electrons. The molecule has 2 aliphatic carbocycles. The van der Waals surface area contributed by atoms with Crippen LogP contribution in [0.15, 0.2) is 42.5 Å². The summed E-state index contributed by atoms with van der Waals surface area (Å²) in [6.07, 6.45) is 11.8. The Bertz CT molecular complexity index is 690. The topological polar surface area (TPSA) is 0 Å². The van der Waals surface area contributed by atoms with Crippen molar-refractivity contribution in [1.29, 1.82) is 0 Å². The Labute approximate surface area is 206 Å². The first kappa shape index (κ1) is 29.4. The van der Waals surface area contributed by atoms with Crippen molar-refractivity contribution in [3.8, 4) is 0 Å². The van der Waals surface area contributed by atoms with E-state index in [0.29, 0.717) is 5.56 Å². The van der Waals surface area contributed by atoms with Crippen LogP contribution >= 0.6 is 0 Å². The summed E-state index contributed by atoms with van der Waals surface area (Å²) in [6.45, 7) is 17.3. The zero-order valence-corrected chi connectivity index (χ0v) is 22.9. The minimum atomic E-state index is -0.116. The first-order chi connectivity index (χ1) is 15.6. The molecule has 2 aliphatic rings. The number of hydrogen-bond acceptors (Lipinski definition) is 0. The van der Waals surface area contributed by atoms with Gasteiger partial charge in [0.1, 0.15) is 5.82 Å². The smallest absolute Gasteiger partial charge is 0.126 e. The third kappa shape index (κ3) is 14.3. The van der Waals surface area contributed by atoms with Crippen LogP contribution in [0.5, 0.6) is 0 Å². The Morgan fingerprint density at radius 2 is 0.788 bits per heavy atom. The normalized spacial score (nSPS) is 24.2. The maximum atomic E-state index is 12.6. The van der Waals surface area contributed by atoms with E-state index in [1.54, 1.807) is 13.0 Å². The lowest BCUT2D eigenvalue weighted by Crippen LogP contribution is -2.08. The minimum Gasteiger partial charge on any atom is -0.207 e. The fraction of sp³-hybridized carbons (Fsp3) is 0.625. The molecule has 0 atom stereocenters. The van der Waals surface area contributed by atoms with Gasteiger partial charge in [0.2, 0.25) is 0 Å². The zero-order valence-electron chi connectivity index (χ0n) is 22.9. The van der Waals surface area contributed by atoms with Crippen LogP contribution in [0.2, 0.25) is 0 Å². The van der Waals surface area contributed by atoms with E-state index in [4.69, 9.17) is 0 Å². The molecule has 0 N–H and O–H groups in total. The van der Waals surface area contributed by atoms with Gasteiger partial charge < -0.3 is 0 Å². The average molecular weight is 457 g/mol. The van der Waals surface area contributed by atoms with Gasteiger partial charge >= 0.3 is 0 Å². The van der Waals surface area contributed by atoms with Gasteiger partial charge in [0.15, 0.2) is 0 Å². The first-order valence-electron chi connectivity index (χ1n) is 13.3. The van der Waals surface area contributed by atoms with Crippen molar-refractivity contribution in [2.45, 2.75) is 107 Å². The van der Waals surface area contributed by atoms with Gasteiger partial charge in [-0.1, -0.05) is 127 Å². The third-order valence-corrected chi connectivity index (χ3v) is 7.15. The molecule has 2 fully saturated rings. The van der Waals surface area contributed by atoms with E-state index in [1.165, 1.54) is 68.6 Å². The second kappa shape index (κ2) is 16.1. The van der Waals surface area contributed by atoms with Crippen LogP contribution < -0.4 is 0 Å². The summed E-state index contributed by atoms with van der Waals surface area (Å²) in [6, 6.07) is 13.7. The molecular weight excluding hydrogens is 403 g/mol. The van der Waals surface area contributed by atoms with Crippen molar-refractivity contribution in [2.75, 3.05) is 0 Å². The molecule has 0 spiro atoms. The number of rotatable bonds is 0. The highest BCUT2D eigenvalue weighted by molar-refractivity contribution is 5.21. The van der Waals surface area contributed by atoms with E-state index in [9.17, 15) is 4.39 Å². The molecule has 2 aromatic carbocycles. The van der Waals surface area contributed by atoms with Crippen LogP contribution in [0.25, 0.3) is 0 Å². The summed E-state index contributed by atoms with van der Waals surface area (Å²) in [5, 5.41) is 0. The molecule has 2 saturated carbocycles. The number of benzene rings is 2. The fourth-order valence-corrected chi connectivity index (χ4v) is 4.19. The summed E-state index contributed by atoms with van der Waals surface area (Å²) in [7, 11) is 0. The Morgan fingerprint density at radius 3 is 1.03 bits per heavy atom. The van der Waals surface area contributed by atoms with Crippen molar-refractivity contribution in [2.24, 2.45) is 23.7 Å². The van der Waals surface area contributed by atoms with Crippen molar-refractivity contribution < 1.29 is 5.82 Å². The second-order valence-electron chi connectivity index (χ2n) is 11.1. The molecule has 0 amide bonds. The maximum absolute atomic E-state index is 12.6. The third-order valence-electron chi connectivity index (χ3n) is 7.15. The van der Waals surface area contributed by atoms with E-state index < -0.39 is 0 Å². The molecule has 33 heavy (non-hydrogen) atoms. The van der Waals surface area contributed by atoms with Crippen molar-refractivity contribution >= 4 is 0 Å². The molecule has 4 rings (SSSR count). The molecule has 0 nitrogen and oxygen atoms in total. The summed E-state index contributed by atoms with van der Waals surface area (Å²) >= 11 is 0. The zero-order chi connectivity index (χ0) is 24.8. The number of aryl methyl sites for hydroxylation is 4. The summed E-state index contributed by atoms with van der Waals surface area (Å²) in [5.41, 5.74) is 4.34. The molecular formula is C32H53F. The number of hydrogen-bond donors (Lipinski definition) is 0. The lowest BCUT2D eigenvalue weighted by atomic mass is 9.84. The molecule has 0 aliphatic heterocycles. The fourth-order valence-electron chi connectivity index (χ4n) is 4.19. The van der Waals surface area contributed by atoms with Gasteiger partial charge in [0, 0.05) is 1.43 Å². The number of halogens is 1. The standard InChI is InChI=1S/C8H9F.2C8H16.C8H10.H2/c1-6-3-4-7(2)8(9)5-6;3*1-7-3-5-8(2)6-4-7;/h3-5H,1-2H3;2*7-8H,3-6H2,1-2H3;3-6H,1-2H3;1H. The highest BCUT2D eigenvalue weighted by atomic mass is 19.1. The van der Waals surface area contributed by atoms with Crippen LogP contribution in [-0.4, -0.2) is 0 Å². The summed E-state index contributed by atoms with van der Waals surface area (Å²) in [4.78, 5) is 0. The SMILES string of the molecule is CC1CCC(C)CC1.CC1CCC(C)CC1.Cc1ccc(C)c(F)c1.Cc1ccc(C)cc1.[HH]. The van der Waals surface area contributed by atoms with Crippen LogP contribution in [0, 0.1) is 57.2 Å². The largest absolute Gasteiger partial charge is 0.207 e. The predicted molar refractivity (Wildman–Crippen MR) is 147 cm³/mol. The first-order valence-corrected chi connectivity index (χ1v) is 13.3. The molecule has 2 aromatic rings. The highest BCUT2D eigenvalue weighted by Crippen LogP contribution is 2.27. The minimum absolute atomic E-state index is 0. The maximum Gasteiger partial charge on any atom is 0.126 e. The van der Waals surface area contributed by atoms with E-state index >= 15 is 0 Å². The Balaban J connectivity index is 0.000000423. The van der Waals surface area contributed by atoms with Gasteiger partial charge in [-0.05, 0) is 68.6 Å². The van der Waals surface area contributed by atoms with Crippen molar-refractivity contribution in [3.63, 3.8) is 0 Å². The molecule has 1 heteroatoms. The summed E-state index contributed by atoms with van der Waals surface area (Å²) in [5.74, 6) is 3.96. The van der Waals surface area contributed by atoms with Crippen LogP contribution in [0.3, 0.4) is 0 Å². The Hall–Kier alpha value is -1.63. The van der Waals surface area contributed by atoms with E-state index in [2.05, 4.69) is 65.8 Å².